The van der Waals surface area contributed by atoms with Crippen molar-refractivity contribution < 1.29 is 24.3 Å². The van der Waals surface area contributed by atoms with Crippen molar-refractivity contribution in [1.82, 2.24) is 19.5 Å². The topological polar surface area (TPSA) is 158 Å². The zero-order valence-electron chi connectivity index (χ0n) is 17.9. The van der Waals surface area contributed by atoms with E-state index in [1.165, 1.54) is 14.2 Å². The molecule has 4 aromatic rings. The molecule has 0 saturated heterocycles. The summed E-state index contributed by atoms with van der Waals surface area (Å²) in [7, 11) is 1.38. The Balaban J connectivity index is 1.75. The molecule has 2 heterocycles. The van der Waals surface area contributed by atoms with Crippen LogP contribution in [0.3, 0.4) is 0 Å². The van der Waals surface area contributed by atoms with Gasteiger partial charge in [-0.3, -0.25) is 4.79 Å². The van der Waals surface area contributed by atoms with Gasteiger partial charge in [0.15, 0.2) is 0 Å². The van der Waals surface area contributed by atoms with E-state index in [2.05, 4.69) is 20.3 Å². The fourth-order valence-electron chi connectivity index (χ4n) is 3.37. The average molecular weight is 448 g/mol. The molecule has 0 radical (unpaired) electrons. The zero-order chi connectivity index (χ0) is 23.5. The van der Waals surface area contributed by atoms with Crippen LogP contribution < -0.4 is 26.0 Å². The SMILES string of the molecule is COc1cc(NCc2cccc(B(O)O)c2)nc(-n2c(OC)nc3c(C(N)=O)cccc32)n1. The lowest BCUT2D eigenvalue weighted by Gasteiger charge is -2.12. The van der Waals surface area contributed by atoms with E-state index in [1.807, 2.05) is 6.07 Å². The third kappa shape index (κ3) is 4.42. The minimum absolute atomic E-state index is 0.169. The maximum atomic E-state index is 11.8. The van der Waals surface area contributed by atoms with Gasteiger partial charge < -0.3 is 30.6 Å². The van der Waals surface area contributed by atoms with Crippen LogP contribution in [0.25, 0.3) is 17.0 Å². The van der Waals surface area contributed by atoms with E-state index in [0.717, 1.165) is 5.56 Å². The van der Waals surface area contributed by atoms with Gasteiger partial charge in [0.2, 0.25) is 11.8 Å². The molecule has 0 aliphatic carbocycles. The minimum atomic E-state index is -1.55. The van der Waals surface area contributed by atoms with E-state index in [9.17, 15) is 14.8 Å². The number of nitrogens with zero attached hydrogens (tertiary/aromatic N) is 4. The first-order valence-corrected chi connectivity index (χ1v) is 9.88. The van der Waals surface area contributed by atoms with Gasteiger partial charge in [-0.15, -0.1) is 0 Å². The molecule has 0 bridgehead atoms. The number of ether oxygens (including phenoxy) is 2. The first kappa shape index (κ1) is 22.1. The van der Waals surface area contributed by atoms with Gasteiger partial charge in [0.25, 0.3) is 5.91 Å². The summed E-state index contributed by atoms with van der Waals surface area (Å²) in [4.78, 5) is 25.2. The molecule has 11 nitrogen and oxygen atoms in total. The molecule has 1 amide bonds. The number of fused-ring (bicyclic) bond motifs is 1. The van der Waals surface area contributed by atoms with Gasteiger partial charge in [-0.1, -0.05) is 30.3 Å². The second-order valence-electron chi connectivity index (χ2n) is 7.04. The number of primary amides is 1. The Morgan fingerprint density at radius 2 is 1.88 bits per heavy atom. The third-order valence-corrected chi connectivity index (χ3v) is 4.93. The van der Waals surface area contributed by atoms with Crippen LogP contribution in [0.2, 0.25) is 0 Å². The van der Waals surface area contributed by atoms with E-state index in [-0.39, 0.29) is 23.4 Å². The van der Waals surface area contributed by atoms with Crippen LogP contribution in [0.1, 0.15) is 15.9 Å². The molecule has 5 N–H and O–H groups in total. The molecule has 0 atom stereocenters. The minimum Gasteiger partial charge on any atom is -0.481 e. The Kier molecular flexibility index (Phi) is 6.11. The van der Waals surface area contributed by atoms with Gasteiger partial charge >= 0.3 is 13.1 Å². The van der Waals surface area contributed by atoms with Crippen LogP contribution in [-0.4, -0.2) is 56.8 Å². The normalized spacial score (nSPS) is 10.8. The molecule has 2 aromatic heterocycles. The summed E-state index contributed by atoms with van der Waals surface area (Å²) in [6.07, 6.45) is 0. The number of para-hydroxylation sites is 1. The zero-order valence-corrected chi connectivity index (χ0v) is 17.9. The monoisotopic (exact) mass is 448 g/mol. The van der Waals surface area contributed by atoms with Gasteiger partial charge in [0.05, 0.1) is 25.3 Å². The maximum absolute atomic E-state index is 11.8. The number of methoxy groups -OCH3 is 2. The summed E-state index contributed by atoms with van der Waals surface area (Å²) >= 11 is 0. The number of carbonyl (C=O) groups excluding carboxylic acids is 1. The van der Waals surface area contributed by atoms with Crippen LogP contribution in [0.15, 0.2) is 48.5 Å². The van der Waals surface area contributed by atoms with E-state index >= 15 is 0 Å². The lowest BCUT2D eigenvalue weighted by Crippen LogP contribution is -2.30. The first-order chi connectivity index (χ1) is 15.9. The number of rotatable bonds is 8. The molecule has 0 aliphatic heterocycles. The van der Waals surface area contributed by atoms with Crippen LogP contribution in [0.4, 0.5) is 5.82 Å². The molecule has 33 heavy (non-hydrogen) atoms. The van der Waals surface area contributed by atoms with Crippen LogP contribution in [-0.2, 0) is 6.54 Å². The second kappa shape index (κ2) is 9.14. The molecule has 0 fully saturated rings. The Morgan fingerprint density at radius 3 is 2.58 bits per heavy atom. The van der Waals surface area contributed by atoms with E-state index in [1.54, 1.807) is 47.0 Å². The van der Waals surface area contributed by atoms with Gasteiger partial charge in [-0.25, -0.2) is 4.57 Å². The highest BCUT2D eigenvalue weighted by Crippen LogP contribution is 2.28. The third-order valence-electron chi connectivity index (χ3n) is 4.93. The summed E-state index contributed by atoms with van der Waals surface area (Å²) in [6.45, 7) is 0.355. The highest BCUT2D eigenvalue weighted by Gasteiger charge is 2.20. The summed E-state index contributed by atoms with van der Waals surface area (Å²) < 4.78 is 12.3. The summed E-state index contributed by atoms with van der Waals surface area (Å²) in [6, 6.07) is 13.7. The number of aromatic nitrogens is 4. The molecule has 0 aliphatic rings. The molecular formula is C21H21BN6O5. The summed E-state index contributed by atoms with van der Waals surface area (Å²) in [5.41, 5.74) is 7.84. The first-order valence-electron chi connectivity index (χ1n) is 9.88. The molecule has 0 spiro atoms. The van der Waals surface area contributed by atoms with Crippen molar-refractivity contribution in [3.8, 4) is 17.8 Å². The Labute approximate surface area is 189 Å². The molecule has 12 heteroatoms. The van der Waals surface area contributed by atoms with Crippen molar-refractivity contribution >= 4 is 35.3 Å². The number of anilines is 1. The van der Waals surface area contributed by atoms with Gasteiger partial charge in [0.1, 0.15) is 11.3 Å². The Morgan fingerprint density at radius 1 is 1.09 bits per heavy atom. The lowest BCUT2D eigenvalue weighted by atomic mass is 9.80. The van der Waals surface area contributed by atoms with Gasteiger partial charge in [0, 0.05) is 12.6 Å². The number of hydrogen-bond acceptors (Lipinski definition) is 9. The van der Waals surface area contributed by atoms with Crippen molar-refractivity contribution in [1.29, 1.82) is 0 Å². The number of nitrogens with two attached hydrogens (primary N) is 1. The predicted molar refractivity (Wildman–Crippen MR) is 122 cm³/mol. The second-order valence-corrected chi connectivity index (χ2v) is 7.04. The molecule has 4 rings (SSSR count). The predicted octanol–water partition coefficient (Wildman–Crippen LogP) is 0.223. The molecule has 2 aromatic carbocycles. The fraction of sp³-hybridized carbons (Fsp3) is 0.143. The quantitative estimate of drug-likeness (QED) is 0.277. The standard InChI is InChI=1S/C21H21BN6O5/c1-32-17-10-16(24-11-12-5-3-6-13(9-12)22(30)31)25-20(26-17)28-15-8-4-7-14(19(23)29)18(15)27-21(28)33-2/h3-10,30-31H,11H2,1-2H3,(H2,23,29)(H,24,25,26). The van der Waals surface area contributed by atoms with Crippen LogP contribution in [0.5, 0.6) is 11.9 Å². The van der Waals surface area contributed by atoms with Crippen LogP contribution >= 0.6 is 0 Å². The van der Waals surface area contributed by atoms with Crippen molar-refractivity contribution in [2.24, 2.45) is 5.73 Å². The molecule has 168 valence electrons. The molecule has 0 unspecified atom stereocenters. The number of amides is 1. The van der Waals surface area contributed by atoms with Crippen molar-refractivity contribution in [3.63, 3.8) is 0 Å². The summed E-state index contributed by atoms with van der Waals surface area (Å²) in [5, 5.41) is 21.9. The number of imidazole rings is 1. The van der Waals surface area contributed by atoms with Gasteiger partial charge in [-0.2, -0.15) is 15.0 Å². The largest absolute Gasteiger partial charge is 0.488 e. The lowest BCUT2D eigenvalue weighted by molar-refractivity contribution is 0.100. The number of benzene rings is 2. The average Bonchev–Trinajstić information content (AvgIpc) is 3.21. The highest BCUT2D eigenvalue weighted by molar-refractivity contribution is 6.58. The molecule has 0 saturated carbocycles. The van der Waals surface area contributed by atoms with Gasteiger partial charge in [-0.05, 0) is 23.2 Å². The van der Waals surface area contributed by atoms with E-state index < -0.39 is 13.0 Å². The Bertz CT molecular complexity index is 1330. The highest BCUT2D eigenvalue weighted by atomic mass is 16.5. The van der Waals surface area contributed by atoms with Crippen molar-refractivity contribution in [2.45, 2.75) is 6.54 Å². The molecular weight excluding hydrogens is 427 g/mol. The smallest absolute Gasteiger partial charge is 0.481 e. The van der Waals surface area contributed by atoms with Crippen LogP contribution in [0, 0.1) is 0 Å². The summed E-state index contributed by atoms with van der Waals surface area (Å²) in [5.74, 6) is 0.327. The van der Waals surface area contributed by atoms with E-state index in [0.29, 0.717) is 28.9 Å². The van der Waals surface area contributed by atoms with Crippen molar-refractivity contribution in [2.75, 3.05) is 19.5 Å². The fourth-order valence-corrected chi connectivity index (χ4v) is 3.37. The van der Waals surface area contributed by atoms with Crippen molar-refractivity contribution in [3.05, 3.63) is 59.7 Å². The number of nitrogens with one attached hydrogen (secondary N) is 1. The van der Waals surface area contributed by atoms with E-state index in [4.69, 9.17) is 15.2 Å². The Hall–Kier alpha value is -4.16. The number of hydrogen-bond donors (Lipinski definition) is 4. The number of carbonyl (C=O) groups is 1. The maximum Gasteiger partial charge on any atom is 0.488 e.